The molecule has 0 saturated heterocycles. The molecule has 0 saturated carbocycles. The minimum Gasteiger partial charge on any atom is -0.350 e. The first kappa shape index (κ1) is 13.5. The topological polar surface area (TPSA) is 27.8 Å². The van der Waals surface area contributed by atoms with E-state index in [1.165, 1.54) is 40.9 Å². The van der Waals surface area contributed by atoms with E-state index in [9.17, 15) is 0 Å². The summed E-state index contributed by atoms with van der Waals surface area (Å²) < 4.78 is 0. The molecule has 1 heterocycles. The second-order valence-corrected chi connectivity index (χ2v) is 5.89. The van der Waals surface area contributed by atoms with Crippen LogP contribution in [0.1, 0.15) is 26.2 Å². The molecule has 3 heteroatoms. The van der Waals surface area contributed by atoms with Crippen LogP contribution in [0.3, 0.4) is 0 Å². The summed E-state index contributed by atoms with van der Waals surface area (Å²) in [5.74, 6) is 1.20. The van der Waals surface area contributed by atoms with Crippen LogP contribution in [-0.4, -0.2) is 23.8 Å². The van der Waals surface area contributed by atoms with Crippen LogP contribution >= 0.6 is 11.8 Å². The monoisotopic (exact) mass is 262 g/mol. The van der Waals surface area contributed by atoms with Gasteiger partial charge in [0.25, 0.3) is 0 Å². The van der Waals surface area contributed by atoms with Crippen molar-refractivity contribution in [2.24, 2.45) is 0 Å². The summed E-state index contributed by atoms with van der Waals surface area (Å²) in [5, 5.41) is 5.88. The van der Waals surface area contributed by atoms with Gasteiger partial charge < -0.3 is 10.3 Å². The first-order chi connectivity index (χ1) is 8.79. The summed E-state index contributed by atoms with van der Waals surface area (Å²) in [6, 6.07) is 11.3. The van der Waals surface area contributed by atoms with Crippen molar-refractivity contribution in [2.45, 2.75) is 37.3 Å². The van der Waals surface area contributed by atoms with E-state index in [-0.39, 0.29) is 0 Å². The SMILES string of the molecule is CNC(C)CCCCSc1cc2ccccc2[nH]1. The number of rotatable bonds is 7. The maximum atomic E-state index is 3.46. The van der Waals surface area contributed by atoms with Gasteiger partial charge in [0.05, 0.1) is 5.03 Å². The number of fused-ring (bicyclic) bond motifs is 1. The van der Waals surface area contributed by atoms with Crippen LogP contribution in [0.25, 0.3) is 10.9 Å². The van der Waals surface area contributed by atoms with Crippen LogP contribution in [0.4, 0.5) is 0 Å². The fraction of sp³-hybridized carbons (Fsp3) is 0.467. The molecule has 18 heavy (non-hydrogen) atoms. The Balaban J connectivity index is 1.73. The van der Waals surface area contributed by atoms with E-state index in [1.807, 2.05) is 18.8 Å². The highest BCUT2D eigenvalue weighted by Crippen LogP contribution is 2.24. The normalized spacial score (nSPS) is 13.0. The van der Waals surface area contributed by atoms with Gasteiger partial charge in [0, 0.05) is 16.9 Å². The molecule has 2 nitrogen and oxygen atoms in total. The molecule has 98 valence electrons. The van der Waals surface area contributed by atoms with Crippen LogP contribution in [0.15, 0.2) is 35.4 Å². The number of para-hydroxylation sites is 1. The first-order valence-electron chi connectivity index (χ1n) is 6.67. The Bertz CT molecular complexity index is 445. The molecule has 1 atom stereocenters. The first-order valence-corrected chi connectivity index (χ1v) is 7.66. The average molecular weight is 262 g/mol. The van der Waals surface area contributed by atoms with Crippen molar-refractivity contribution >= 4 is 22.7 Å². The van der Waals surface area contributed by atoms with Crippen molar-refractivity contribution in [1.29, 1.82) is 0 Å². The zero-order valence-electron chi connectivity index (χ0n) is 11.2. The van der Waals surface area contributed by atoms with Gasteiger partial charge in [0.1, 0.15) is 0 Å². The minimum atomic E-state index is 0.642. The van der Waals surface area contributed by atoms with Crippen molar-refractivity contribution < 1.29 is 0 Å². The van der Waals surface area contributed by atoms with Gasteiger partial charge in [0.2, 0.25) is 0 Å². The van der Waals surface area contributed by atoms with Crippen molar-refractivity contribution in [3.8, 4) is 0 Å². The maximum absolute atomic E-state index is 3.46. The highest BCUT2D eigenvalue weighted by Gasteiger charge is 2.01. The van der Waals surface area contributed by atoms with Gasteiger partial charge in [-0.3, -0.25) is 0 Å². The summed E-state index contributed by atoms with van der Waals surface area (Å²) in [5.41, 5.74) is 1.24. The maximum Gasteiger partial charge on any atom is 0.0732 e. The Morgan fingerprint density at radius 3 is 2.89 bits per heavy atom. The lowest BCUT2D eigenvalue weighted by atomic mass is 10.1. The third kappa shape index (κ3) is 3.79. The summed E-state index contributed by atoms with van der Waals surface area (Å²) in [7, 11) is 2.03. The van der Waals surface area contributed by atoms with Crippen molar-refractivity contribution in [3.05, 3.63) is 30.3 Å². The van der Waals surface area contributed by atoms with Crippen molar-refractivity contribution in [3.63, 3.8) is 0 Å². The molecule has 2 rings (SSSR count). The van der Waals surface area contributed by atoms with Gasteiger partial charge >= 0.3 is 0 Å². The molecule has 1 aromatic heterocycles. The molecular weight excluding hydrogens is 240 g/mol. The molecule has 0 fully saturated rings. The van der Waals surface area contributed by atoms with Gasteiger partial charge in [-0.15, -0.1) is 11.8 Å². The zero-order chi connectivity index (χ0) is 12.8. The number of aromatic nitrogens is 1. The predicted molar refractivity (Wildman–Crippen MR) is 81.4 cm³/mol. The highest BCUT2D eigenvalue weighted by atomic mass is 32.2. The van der Waals surface area contributed by atoms with Gasteiger partial charge in [0.15, 0.2) is 0 Å². The lowest BCUT2D eigenvalue weighted by molar-refractivity contribution is 0.539. The molecule has 1 unspecified atom stereocenters. The van der Waals surface area contributed by atoms with Crippen LogP contribution in [0.5, 0.6) is 0 Å². The molecule has 0 aliphatic carbocycles. The number of thioether (sulfide) groups is 1. The fourth-order valence-corrected chi connectivity index (χ4v) is 2.96. The quantitative estimate of drug-likeness (QED) is 0.582. The molecular formula is C15H22N2S. The zero-order valence-corrected chi connectivity index (χ0v) is 12.0. The van der Waals surface area contributed by atoms with Gasteiger partial charge in [-0.2, -0.15) is 0 Å². The summed E-state index contributed by atoms with van der Waals surface area (Å²) in [6.07, 6.45) is 3.85. The Hall–Kier alpha value is -0.930. The molecule has 0 spiro atoms. The molecule has 0 bridgehead atoms. The molecule has 0 radical (unpaired) electrons. The Kier molecular flexibility index (Phi) is 5.14. The Labute approximate surface area is 114 Å². The van der Waals surface area contributed by atoms with Crippen molar-refractivity contribution in [2.75, 3.05) is 12.8 Å². The smallest absolute Gasteiger partial charge is 0.0732 e. The molecule has 2 aromatic rings. The lowest BCUT2D eigenvalue weighted by Crippen LogP contribution is -2.20. The number of hydrogen-bond acceptors (Lipinski definition) is 2. The second-order valence-electron chi connectivity index (χ2n) is 4.75. The Morgan fingerprint density at radius 2 is 2.11 bits per heavy atom. The van der Waals surface area contributed by atoms with Crippen molar-refractivity contribution in [1.82, 2.24) is 10.3 Å². The number of benzene rings is 1. The minimum absolute atomic E-state index is 0.642. The molecule has 0 amide bonds. The number of H-pyrrole nitrogens is 1. The fourth-order valence-electron chi connectivity index (χ4n) is 2.00. The number of nitrogens with one attached hydrogen (secondary N) is 2. The second kappa shape index (κ2) is 6.86. The average Bonchev–Trinajstić information content (AvgIpc) is 2.80. The number of aromatic amines is 1. The van der Waals surface area contributed by atoms with Gasteiger partial charge in [-0.25, -0.2) is 0 Å². The number of hydrogen-bond donors (Lipinski definition) is 2. The third-order valence-corrected chi connectivity index (χ3v) is 4.31. The van der Waals surface area contributed by atoms with Crippen LogP contribution < -0.4 is 5.32 Å². The molecule has 0 aliphatic heterocycles. The van der Waals surface area contributed by atoms with Crippen LogP contribution in [0, 0.1) is 0 Å². The van der Waals surface area contributed by atoms with E-state index in [4.69, 9.17) is 0 Å². The largest absolute Gasteiger partial charge is 0.350 e. The highest BCUT2D eigenvalue weighted by molar-refractivity contribution is 7.99. The van der Waals surface area contributed by atoms with E-state index in [0.717, 1.165) is 0 Å². The van der Waals surface area contributed by atoms with Gasteiger partial charge in [-0.05, 0) is 44.7 Å². The molecule has 0 aliphatic rings. The third-order valence-electron chi connectivity index (χ3n) is 3.29. The van der Waals surface area contributed by atoms with Gasteiger partial charge in [-0.1, -0.05) is 24.6 Å². The van der Waals surface area contributed by atoms with Crippen LogP contribution in [0.2, 0.25) is 0 Å². The van der Waals surface area contributed by atoms with Crippen LogP contribution in [-0.2, 0) is 0 Å². The predicted octanol–water partition coefficient (Wildman–Crippen LogP) is 4.04. The van der Waals surface area contributed by atoms with E-state index in [0.29, 0.717) is 6.04 Å². The van der Waals surface area contributed by atoms with E-state index in [1.54, 1.807) is 0 Å². The Morgan fingerprint density at radius 1 is 1.28 bits per heavy atom. The summed E-state index contributed by atoms with van der Waals surface area (Å²) in [6.45, 7) is 2.24. The standard InChI is InChI=1S/C15H22N2S/c1-12(16-2)7-5-6-10-18-15-11-13-8-3-4-9-14(13)17-15/h3-4,8-9,11-12,16-17H,5-7,10H2,1-2H3. The van der Waals surface area contributed by atoms with E-state index in [2.05, 4.69) is 47.6 Å². The summed E-state index contributed by atoms with van der Waals surface area (Å²) >= 11 is 1.93. The van der Waals surface area contributed by atoms with E-state index < -0.39 is 0 Å². The van der Waals surface area contributed by atoms with E-state index >= 15 is 0 Å². The summed E-state index contributed by atoms with van der Waals surface area (Å²) in [4.78, 5) is 3.46. The molecule has 2 N–H and O–H groups in total. The lowest BCUT2D eigenvalue weighted by Gasteiger charge is -2.08. The molecule has 1 aromatic carbocycles. The number of unbranched alkanes of at least 4 members (excludes halogenated alkanes) is 1.